The van der Waals surface area contributed by atoms with Crippen molar-refractivity contribution in [3.05, 3.63) is 78.0 Å². The van der Waals surface area contributed by atoms with Crippen LogP contribution in [0.1, 0.15) is 21.6 Å². The average Bonchev–Trinajstić information content (AvgIpc) is 3.46. The molecule has 5 rings (SSSR count). The van der Waals surface area contributed by atoms with Gasteiger partial charge < -0.3 is 15.4 Å². The number of hydrogen-bond donors (Lipinski definition) is 4. The number of carbonyl (C=O) groups excluding carboxylic acids is 2. The minimum atomic E-state index is -4.01. The van der Waals surface area contributed by atoms with E-state index >= 15 is 0 Å². The average molecular weight is 521 g/mol. The molecule has 3 heterocycles. The minimum absolute atomic E-state index is 0.0170. The van der Waals surface area contributed by atoms with Crippen LogP contribution in [0.25, 0.3) is 11.4 Å². The second-order valence-corrected chi connectivity index (χ2v) is 9.66. The van der Waals surface area contributed by atoms with E-state index in [-0.39, 0.29) is 36.3 Å². The molecule has 0 radical (unpaired) electrons. The van der Waals surface area contributed by atoms with Gasteiger partial charge in [-0.05, 0) is 23.3 Å². The summed E-state index contributed by atoms with van der Waals surface area (Å²) in [5, 5.41) is 11.6. The normalized spacial score (nSPS) is 12.8. The third-order valence-corrected chi connectivity index (χ3v) is 6.69. The number of ether oxygens (including phenoxy) is 1. The van der Waals surface area contributed by atoms with Crippen molar-refractivity contribution < 1.29 is 22.7 Å². The molecule has 2 aromatic carbocycles. The van der Waals surface area contributed by atoms with Crippen LogP contribution < -0.4 is 20.1 Å². The van der Waals surface area contributed by atoms with Gasteiger partial charge in [0.05, 0.1) is 5.69 Å². The molecule has 0 atom stereocenters. The largest absolute Gasteiger partial charge is 0.482 e. The highest BCUT2D eigenvalue weighted by Gasteiger charge is 2.20. The monoisotopic (exact) mass is 520 g/mol. The lowest BCUT2D eigenvalue weighted by molar-refractivity contribution is -0.118. The first-order valence-electron chi connectivity index (χ1n) is 11.0. The SMILES string of the molecule is O=C1COc2ccc(CNC(=O)c3cc(S(=O)(=O)NCc4ccc(-c5ncn[nH]5)cc4)ncn3)cc2N1. The number of fused-ring (bicyclic) bond motifs is 1. The van der Waals surface area contributed by atoms with Gasteiger partial charge in [-0.1, -0.05) is 30.3 Å². The second-order valence-electron chi connectivity index (χ2n) is 7.95. The van der Waals surface area contributed by atoms with Crippen molar-refractivity contribution in [1.82, 2.24) is 35.2 Å². The molecule has 2 amide bonds. The van der Waals surface area contributed by atoms with E-state index in [1.54, 1.807) is 42.5 Å². The molecule has 2 aromatic heterocycles. The molecule has 0 saturated carbocycles. The Hall–Kier alpha value is -4.69. The quantitative estimate of drug-likeness (QED) is 0.246. The fourth-order valence-electron chi connectivity index (χ4n) is 3.50. The maximum Gasteiger partial charge on any atom is 0.270 e. The number of nitrogens with one attached hydrogen (secondary N) is 4. The number of anilines is 1. The summed E-state index contributed by atoms with van der Waals surface area (Å²) in [6.07, 6.45) is 2.42. The molecule has 4 aromatic rings. The number of rotatable bonds is 8. The van der Waals surface area contributed by atoms with Crippen molar-refractivity contribution in [1.29, 1.82) is 0 Å². The molecule has 37 heavy (non-hydrogen) atoms. The maximum absolute atomic E-state index is 12.8. The van der Waals surface area contributed by atoms with Crippen LogP contribution in [0.15, 0.2) is 66.2 Å². The Balaban J connectivity index is 1.21. The minimum Gasteiger partial charge on any atom is -0.482 e. The molecule has 1 aliphatic rings. The molecule has 0 bridgehead atoms. The van der Waals surface area contributed by atoms with Crippen LogP contribution in [0.3, 0.4) is 0 Å². The standard InChI is InChI=1S/C23H20N8O5S/c32-20-11-36-19-6-3-15(7-17(19)30-20)9-24-23(33)18-8-21(26-12-25-18)37(34,35)29-10-14-1-4-16(5-2-14)22-27-13-28-31-22/h1-8,12-13,29H,9-11H2,(H,24,33)(H,30,32)(H,27,28,31). The zero-order valence-electron chi connectivity index (χ0n) is 19.1. The molecule has 13 nitrogen and oxygen atoms in total. The van der Waals surface area contributed by atoms with Crippen molar-refractivity contribution in [2.75, 3.05) is 11.9 Å². The molecular weight excluding hydrogens is 500 g/mol. The van der Waals surface area contributed by atoms with Crippen LogP contribution in [0.2, 0.25) is 0 Å². The number of carbonyl (C=O) groups is 2. The van der Waals surface area contributed by atoms with E-state index in [1.165, 1.54) is 6.33 Å². The van der Waals surface area contributed by atoms with Crippen molar-refractivity contribution in [3.8, 4) is 17.1 Å². The lowest BCUT2D eigenvalue weighted by Gasteiger charge is -2.18. The van der Waals surface area contributed by atoms with Crippen molar-refractivity contribution in [3.63, 3.8) is 0 Å². The summed E-state index contributed by atoms with van der Waals surface area (Å²) < 4.78 is 33.3. The number of aromatic nitrogens is 5. The van der Waals surface area contributed by atoms with E-state index in [9.17, 15) is 18.0 Å². The third-order valence-electron chi connectivity index (χ3n) is 5.39. The number of nitrogens with zero attached hydrogens (tertiary/aromatic N) is 4. The topological polar surface area (TPSA) is 181 Å². The molecule has 0 spiro atoms. The highest BCUT2D eigenvalue weighted by Crippen LogP contribution is 2.28. The molecule has 4 N–H and O–H groups in total. The van der Waals surface area contributed by atoms with E-state index in [4.69, 9.17) is 4.74 Å². The van der Waals surface area contributed by atoms with Gasteiger partial charge in [0.25, 0.3) is 21.8 Å². The van der Waals surface area contributed by atoms with Gasteiger partial charge in [-0.3, -0.25) is 14.7 Å². The first-order valence-corrected chi connectivity index (χ1v) is 12.5. The predicted octanol–water partition coefficient (Wildman–Crippen LogP) is 1.00. The number of hydrogen-bond acceptors (Lipinski definition) is 9. The zero-order chi connectivity index (χ0) is 25.8. The van der Waals surface area contributed by atoms with Gasteiger partial charge in [-0.25, -0.2) is 28.1 Å². The van der Waals surface area contributed by atoms with Gasteiger partial charge >= 0.3 is 0 Å². The highest BCUT2D eigenvalue weighted by molar-refractivity contribution is 7.89. The van der Waals surface area contributed by atoms with Crippen LogP contribution in [0.5, 0.6) is 5.75 Å². The number of sulfonamides is 1. The number of amides is 2. The van der Waals surface area contributed by atoms with E-state index < -0.39 is 15.9 Å². The molecule has 0 unspecified atom stereocenters. The predicted molar refractivity (Wildman–Crippen MR) is 130 cm³/mol. The van der Waals surface area contributed by atoms with E-state index in [1.807, 2.05) is 0 Å². The molecule has 188 valence electrons. The fraction of sp³-hybridized carbons (Fsp3) is 0.130. The Labute approximate surface area is 210 Å². The smallest absolute Gasteiger partial charge is 0.270 e. The summed E-state index contributed by atoms with van der Waals surface area (Å²) in [5.41, 5.74) is 2.63. The van der Waals surface area contributed by atoms with Gasteiger partial charge in [0.15, 0.2) is 17.5 Å². The van der Waals surface area contributed by atoms with Crippen molar-refractivity contribution >= 4 is 27.5 Å². The summed E-state index contributed by atoms with van der Waals surface area (Å²) >= 11 is 0. The van der Waals surface area contributed by atoms with Gasteiger partial charge in [0.1, 0.15) is 24.1 Å². The Morgan fingerprint density at radius 1 is 0.973 bits per heavy atom. The highest BCUT2D eigenvalue weighted by atomic mass is 32.2. The summed E-state index contributed by atoms with van der Waals surface area (Å²) in [6, 6.07) is 13.3. The maximum atomic E-state index is 12.8. The summed E-state index contributed by atoms with van der Waals surface area (Å²) in [7, 11) is -4.01. The van der Waals surface area contributed by atoms with Gasteiger partial charge in [-0.15, -0.1) is 0 Å². The van der Waals surface area contributed by atoms with Gasteiger partial charge in [0, 0.05) is 24.7 Å². The van der Waals surface area contributed by atoms with Crippen LogP contribution in [0, 0.1) is 0 Å². The van der Waals surface area contributed by atoms with Gasteiger partial charge in [-0.2, -0.15) is 5.10 Å². The molecule has 14 heteroatoms. The molecule has 0 saturated heterocycles. The van der Waals surface area contributed by atoms with E-state index in [0.717, 1.165) is 18.0 Å². The van der Waals surface area contributed by atoms with Crippen molar-refractivity contribution in [2.45, 2.75) is 18.1 Å². The second kappa shape index (κ2) is 10.1. The number of benzene rings is 2. The third kappa shape index (κ3) is 5.60. The Morgan fingerprint density at radius 3 is 2.57 bits per heavy atom. The van der Waals surface area contributed by atoms with Crippen LogP contribution in [-0.2, 0) is 27.9 Å². The van der Waals surface area contributed by atoms with Crippen molar-refractivity contribution in [2.24, 2.45) is 0 Å². The van der Waals surface area contributed by atoms with Crippen LogP contribution in [0.4, 0.5) is 5.69 Å². The summed E-state index contributed by atoms with van der Waals surface area (Å²) in [4.78, 5) is 35.9. The molecular formula is C23H20N8O5S. The zero-order valence-corrected chi connectivity index (χ0v) is 19.9. The lowest BCUT2D eigenvalue weighted by atomic mass is 10.1. The number of H-pyrrole nitrogens is 1. The van der Waals surface area contributed by atoms with E-state index in [2.05, 4.69) is 40.5 Å². The van der Waals surface area contributed by atoms with Crippen LogP contribution in [-0.4, -0.2) is 52.0 Å². The van der Waals surface area contributed by atoms with Gasteiger partial charge in [0.2, 0.25) is 0 Å². The number of aromatic amines is 1. The molecule has 1 aliphatic heterocycles. The Morgan fingerprint density at radius 2 is 1.78 bits per heavy atom. The van der Waals surface area contributed by atoms with Crippen LogP contribution >= 0.6 is 0 Å². The molecule has 0 aliphatic carbocycles. The lowest BCUT2D eigenvalue weighted by Crippen LogP contribution is -2.27. The first kappa shape index (κ1) is 24.0. The molecule has 0 fully saturated rings. The summed E-state index contributed by atoms with van der Waals surface area (Å²) in [5.74, 6) is 0.297. The fourth-order valence-corrected chi connectivity index (χ4v) is 4.46. The Bertz CT molecular complexity index is 1560. The summed E-state index contributed by atoms with van der Waals surface area (Å²) in [6.45, 7) is 0.0897. The Kier molecular flexibility index (Phi) is 6.57. The van der Waals surface area contributed by atoms with E-state index in [0.29, 0.717) is 28.4 Å². The first-order chi connectivity index (χ1) is 17.9.